The molecule has 0 aliphatic rings. The number of para-hydroxylation sites is 1. The highest BCUT2D eigenvalue weighted by Gasteiger charge is 2.14. The molecule has 29 heavy (non-hydrogen) atoms. The van der Waals surface area contributed by atoms with Crippen LogP contribution in [0.4, 0.5) is 5.69 Å². The van der Waals surface area contributed by atoms with Crippen LogP contribution in [-0.2, 0) is 6.61 Å². The first-order valence-electron chi connectivity index (χ1n) is 9.55. The summed E-state index contributed by atoms with van der Waals surface area (Å²) in [6.07, 6.45) is 0. The largest absolute Gasteiger partial charge is 0.497 e. The second-order valence-corrected chi connectivity index (χ2v) is 6.77. The highest BCUT2D eigenvalue weighted by Crippen LogP contribution is 2.40. The van der Waals surface area contributed by atoms with Crippen molar-refractivity contribution in [1.29, 1.82) is 0 Å². The van der Waals surface area contributed by atoms with Crippen LogP contribution in [0, 0.1) is 0 Å². The minimum Gasteiger partial charge on any atom is -0.497 e. The zero-order valence-electron chi connectivity index (χ0n) is 16.3. The summed E-state index contributed by atoms with van der Waals surface area (Å²) in [5.74, 6) is 1.49. The van der Waals surface area contributed by atoms with Gasteiger partial charge in [0.1, 0.15) is 18.1 Å². The summed E-state index contributed by atoms with van der Waals surface area (Å²) in [6.45, 7) is 0.472. The molecule has 0 fully saturated rings. The van der Waals surface area contributed by atoms with Crippen LogP contribution in [0.25, 0.3) is 22.3 Å². The lowest BCUT2D eigenvalue weighted by atomic mass is 9.95. The molecule has 0 saturated heterocycles. The van der Waals surface area contributed by atoms with Crippen LogP contribution in [-0.4, -0.2) is 7.11 Å². The van der Waals surface area contributed by atoms with Crippen LogP contribution >= 0.6 is 0 Å². The molecule has 3 nitrogen and oxygen atoms in total. The third kappa shape index (κ3) is 4.09. The third-order valence-corrected chi connectivity index (χ3v) is 4.91. The second-order valence-electron chi connectivity index (χ2n) is 6.77. The van der Waals surface area contributed by atoms with Gasteiger partial charge in [-0.1, -0.05) is 78.9 Å². The average molecular weight is 381 g/mol. The van der Waals surface area contributed by atoms with Gasteiger partial charge in [-0.15, -0.1) is 0 Å². The highest BCUT2D eigenvalue weighted by molar-refractivity contribution is 5.90. The summed E-state index contributed by atoms with van der Waals surface area (Å²) in [5, 5.41) is 0. The minimum absolute atomic E-state index is 0.472. The van der Waals surface area contributed by atoms with E-state index in [1.807, 2.05) is 84.9 Å². The molecule has 144 valence electrons. The molecule has 4 aromatic rings. The Bertz CT molecular complexity index is 1090. The van der Waals surface area contributed by atoms with E-state index in [2.05, 4.69) is 12.1 Å². The van der Waals surface area contributed by atoms with Gasteiger partial charge in [0.2, 0.25) is 0 Å². The maximum Gasteiger partial charge on any atom is 0.131 e. The molecule has 4 rings (SSSR count). The van der Waals surface area contributed by atoms with Gasteiger partial charge in [0.15, 0.2) is 0 Å². The van der Waals surface area contributed by atoms with E-state index in [4.69, 9.17) is 15.2 Å². The number of nitrogen functional groups attached to an aromatic ring is 1. The van der Waals surface area contributed by atoms with Crippen LogP contribution in [0.15, 0.2) is 97.1 Å². The number of hydrogen-bond acceptors (Lipinski definition) is 3. The lowest BCUT2D eigenvalue weighted by Crippen LogP contribution is -2.00. The number of methoxy groups -OCH3 is 1. The zero-order chi connectivity index (χ0) is 20.1. The van der Waals surface area contributed by atoms with Gasteiger partial charge in [-0.3, -0.25) is 0 Å². The smallest absolute Gasteiger partial charge is 0.131 e. The van der Waals surface area contributed by atoms with Crippen molar-refractivity contribution in [2.45, 2.75) is 6.61 Å². The SMILES string of the molecule is COc1ccc(-c2cccc(-c3ccccc3)c2N)c(OCc2ccccc2)c1. The van der Waals surface area contributed by atoms with Crippen LogP contribution in [0.2, 0.25) is 0 Å². The van der Waals surface area contributed by atoms with E-state index in [0.717, 1.165) is 45.0 Å². The first kappa shape index (κ1) is 18.6. The molecule has 0 heterocycles. The maximum absolute atomic E-state index is 6.61. The molecule has 2 N–H and O–H groups in total. The lowest BCUT2D eigenvalue weighted by Gasteiger charge is -2.16. The molecule has 0 amide bonds. The minimum atomic E-state index is 0.472. The van der Waals surface area contributed by atoms with E-state index in [0.29, 0.717) is 6.61 Å². The van der Waals surface area contributed by atoms with Crippen LogP contribution in [0.1, 0.15) is 5.56 Å². The number of rotatable bonds is 6. The molecule has 0 aliphatic carbocycles. The van der Waals surface area contributed by atoms with Crippen molar-refractivity contribution >= 4 is 5.69 Å². The topological polar surface area (TPSA) is 44.5 Å². The first-order chi connectivity index (χ1) is 14.3. The molecule has 0 aliphatic heterocycles. The summed E-state index contributed by atoms with van der Waals surface area (Å²) in [6, 6.07) is 32.2. The van der Waals surface area contributed by atoms with E-state index < -0.39 is 0 Å². The molecular weight excluding hydrogens is 358 g/mol. The fourth-order valence-electron chi connectivity index (χ4n) is 3.38. The fraction of sp³-hybridized carbons (Fsp3) is 0.0769. The average Bonchev–Trinajstić information content (AvgIpc) is 2.79. The van der Waals surface area contributed by atoms with Crippen LogP contribution < -0.4 is 15.2 Å². The molecule has 4 aromatic carbocycles. The normalized spacial score (nSPS) is 10.5. The fourth-order valence-corrected chi connectivity index (χ4v) is 3.38. The Morgan fingerprint density at radius 1 is 0.690 bits per heavy atom. The highest BCUT2D eigenvalue weighted by atomic mass is 16.5. The predicted molar refractivity (Wildman–Crippen MR) is 119 cm³/mol. The Labute approximate surface area is 171 Å². The molecule has 0 atom stereocenters. The molecule has 0 radical (unpaired) electrons. The molecule has 3 heteroatoms. The van der Waals surface area contributed by atoms with Gasteiger partial charge in [-0.2, -0.15) is 0 Å². The predicted octanol–water partition coefficient (Wildman–Crippen LogP) is 6.19. The molecular formula is C26H23NO2. The van der Waals surface area contributed by atoms with E-state index in [1.165, 1.54) is 0 Å². The molecule has 0 bridgehead atoms. The Kier molecular flexibility index (Phi) is 5.48. The van der Waals surface area contributed by atoms with Crippen molar-refractivity contribution in [2.24, 2.45) is 0 Å². The zero-order valence-corrected chi connectivity index (χ0v) is 16.3. The van der Waals surface area contributed by atoms with Crippen molar-refractivity contribution in [3.63, 3.8) is 0 Å². The monoisotopic (exact) mass is 381 g/mol. The van der Waals surface area contributed by atoms with E-state index in [9.17, 15) is 0 Å². The summed E-state index contributed by atoms with van der Waals surface area (Å²) in [7, 11) is 1.65. The van der Waals surface area contributed by atoms with Crippen molar-refractivity contribution < 1.29 is 9.47 Å². The van der Waals surface area contributed by atoms with Gasteiger partial charge in [0.25, 0.3) is 0 Å². The second kappa shape index (κ2) is 8.53. The Morgan fingerprint density at radius 3 is 2.10 bits per heavy atom. The van der Waals surface area contributed by atoms with Crippen LogP contribution in [0.3, 0.4) is 0 Å². The lowest BCUT2D eigenvalue weighted by molar-refractivity contribution is 0.305. The van der Waals surface area contributed by atoms with Gasteiger partial charge in [-0.05, 0) is 23.3 Å². The first-order valence-corrected chi connectivity index (χ1v) is 9.55. The van der Waals surface area contributed by atoms with Crippen molar-refractivity contribution in [3.05, 3.63) is 103 Å². The number of nitrogens with two attached hydrogens (primary N) is 1. The summed E-state index contributed by atoms with van der Waals surface area (Å²) >= 11 is 0. The van der Waals surface area contributed by atoms with Gasteiger partial charge < -0.3 is 15.2 Å². The molecule has 0 unspecified atom stereocenters. The summed E-state index contributed by atoms with van der Waals surface area (Å²) < 4.78 is 11.6. The summed E-state index contributed by atoms with van der Waals surface area (Å²) in [5.41, 5.74) is 12.4. The number of benzene rings is 4. The van der Waals surface area contributed by atoms with Crippen molar-refractivity contribution in [3.8, 4) is 33.8 Å². The van der Waals surface area contributed by atoms with Crippen LogP contribution in [0.5, 0.6) is 11.5 Å². The van der Waals surface area contributed by atoms with E-state index >= 15 is 0 Å². The van der Waals surface area contributed by atoms with Crippen molar-refractivity contribution in [2.75, 3.05) is 12.8 Å². The number of anilines is 1. The van der Waals surface area contributed by atoms with Crippen molar-refractivity contribution in [1.82, 2.24) is 0 Å². The molecule has 0 aromatic heterocycles. The number of ether oxygens (including phenoxy) is 2. The van der Waals surface area contributed by atoms with Gasteiger partial charge in [-0.25, -0.2) is 0 Å². The quantitative estimate of drug-likeness (QED) is 0.405. The van der Waals surface area contributed by atoms with Gasteiger partial charge in [0, 0.05) is 28.4 Å². The van der Waals surface area contributed by atoms with Gasteiger partial charge >= 0.3 is 0 Å². The Balaban J connectivity index is 1.75. The third-order valence-electron chi connectivity index (χ3n) is 4.91. The molecule has 0 saturated carbocycles. The van der Waals surface area contributed by atoms with Gasteiger partial charge in [0.05, 0.1) is 7.11 Å². The Hall–Kier alpha value is -3.72. The maximum atomic E-state index is 6.61. The standard InChI is InChI=1S/C26H23NO2/c1-28-21-15-16-23(25(17-21)29-18-19-9-4-2-5-10-19)24-14-8-13-22(26(24)27)20-11-6-3-7-12-20/h2-17H,18,27H2,1H3. The summed E-state index contributed by atoms with van der Waals surface area (Å²) in [4.78, 5) is 0. The van der Waals surface area contributed by atoms with E-state index in [1.54, 1.807) is 7.11 Å². The molecule has 0 spiro atoms. The number of hydrogen-bond donors (Lipinski definition) is 1. The Morgan fingerprint density at radius 2 is 1.38 bits per heavy atom. The van der Waals surface area contributed by atoms with E-state index in [-0.39, 0.29) is 0 Å².